The van der Waals surface area contributed by atoms with Gasteiger partial charge in [-0.25, -0.2) is 0 Å². The first kappa shape index (κ1) is 14.1. The Morgan fingerprint density at radius 1 is 1.35 bits per heavy atom. The lowest BCUT2D eigenvalue weighted by atomic mass is 10.2. The number of carbonyl (C=O) groups is 2. The van der Waals surface area contributed by atoms with E-state index in [9.17, 15) is 9.59 Å². The normalized spacial score (nSPS) is 13.8. The van der Waals surface area contributed by atoms with E-state index < -0.39 is 0 Å². The number of carbonyl (C=O) groups excluding carboxylic acids is 2. The predicted molar refractivity (Wildman–Crippen MR) is 76.8 cm³/mol. The molecule has 1 aliphatic rings. The number of hydrogen-bond donors (Lipinski definition) is 2. The molecule has 2 rings (SSSR count). The number of anilines is 1. The molecule has 1 aromatic rings. The second-order valence-electron chi connectivity index (χ2n) is 4.55. The zero-order chi connectivity index (χ0) is 14.4. The first-order valence-electron chi connectivity index (χ1n) is 6.55. The minimum Gasteiger partial charge on any atom is -0.333 e. The van der Waals surface area contributed by atoms with Gasteiger partial charge < -0.3 is 16.0 Å². The van der Waals surface area contributed by atoms with Gasteiger partial charge in [-0.05, 0) is 30.7 Å². The van der Waals surface area contributed by atoms with Crippen LogP contribution in [0, 0.1) is 11.8 Å². The van der Waals surface area contributed by atoms with Gasteiger partial charge in [0.25, 0.3) is 0 Å². The zero-order valence-electron chi connectivity index (χ0n) is 11.2. The summed E-state index contributed by atoms with van der Waals surface area (Å²) in [5.41, 5.74) is 6.84. The third-order valence-corrected chi connectivity index (χ3v) is 3.01. The van der Waals surface area contributed by atoms with Crippen LogP contribution in [0.5, 0.6) is 0 Å². The maximum atomic E-state index is 11.8. The molecule has 0 aliphatic carbocycles. The predicted octanol–water partition coefficient (Wildman–Crippen LogP) is 0.558. The fraction of sp³-hybridized carbons (Fsp3) is 0.333. The van der Waals surface area contributed by atoms with E-state index in [2.05, 4.69) is 17.2 Å². The van der Waals surface area contributed by atoms with Crippen LogP contribution in [-0.4, -0.2) is 36.3 Å². The number of nitrogens with zero attached hydrogens (tertiary/aromatic N) is 1. The Balaban J connectivity index is 1.89. The first-order chi connectivity index (χ1) is 9.69. The number of nitrogens with one attached hydrogen (secondary N) is 1. The summed E-state index contributed by atoms with van der Waals surface area (Å²) >= 11 is 0. The van der Waals surface area contributed by atoms with Gasteiger partial charge in [0.05, 0.1) is 13.1 Å². The van der Waals surface area contributed by atoms with Gasteiger partial charge >= 0.3 is 0 Å². The Kier molecular flexibility index (Phi) is 4.75. The van der Waals surface area contributed by atoms with Crippen molar-refractivity contribution in [1.82, 2.24) is 4.90 Å². The van der Waals surface area contributed by atoms with Crippen molar-refractivity contribution >= 4 is 17.5 Å². The van der Waals surface area contributed by atoms with Crippen LogP contribution in [0.1, 0.15) is 18.4 Å². The summed E-state index contributed by atoms with van der Waals surface area (Å²) in [4.78, 5) is 24.8. The average Bonchev–Trinajstić information content (AvgIpc) is 2.83. The summed E-state index contributed by atoms with van der Waals surface area (Å²) in [6.45, 7) is 1.11. The Hall–Kier alpha value is -2.32. The summed E-state index contributed by atoms with van der Waals surface area (Å²) in [5, 5.41) is 2.77. The lowest BCUT2D eigenvalue weighted by Gasteiger charge is -2.14. The molecule has 0 atom stereocenters. The molecule has 20 heavy (non-hydrogen) atoms. The smallest absolute Gasteiger partial charge is 0.243 e. The molecule has 2 amide bonds. The molecule has 0 unspecified atom stereocenters. The van der Waals surface area contributed by atoms with E-state index in [-0.39, 0.29) is 18.4 Å². The van der Waals surface area contributed by atoms with Crippen molar-refractivity contribution in [2.45, 2.75) is 12.8 Å². The monoisotopic (exact) mass is 271 g/mol. The highest BCUT2D eigenvalue weighted by Gasteiger charge is 2.22. The minimum atomic E-state index is -0.180. The van der Waals surface area contributed by atoms with Crippen molar-refractivity contribution in [3.8, 4) is 11.8 Å². The number of amides is 2. The van der Waals surface area contributed by atoms with Gasteiger partial charge in [-0.2, -0.15) is 0 Å². The van der Waals surface area contributed by atoms with E-state index in [1.54, 1.807) is 17.0 Å². The third-order valence-electron chi connectivity index (χ3n) is 3.01. The average molecular weight is 271 g/mol. The van der Waals surface area contributed by atoms with Gasteiger partial charge in [0, 0.05) is 24.2 Å². The Morgan fingerprint density at radius 2 is 2.10 bits per heavy atom. The molecule has 0 radical (unpaired) electrons. The molecule has 0 spiro atoms. The lowest BCUT2D eigenvalue weighted by Crippen LogP contribution is -2.33. The van der Waals surface area contributed by atoms with E-state index >= 15 is 0 Å². The molecule has 104 valence electrons. The van der Waals surface area contributed by atoms with E-state index in [0.29, 0.717) is 25.2 Å². The summed E-state index contributed by atoms with van der Waals surface area (Å²) in [6, 6.07) is 7.20. The highest BCUT2D eigenvalue weighted by Crippen LogP contribution is 2.11. The molecule has 1 aliphatic heterocycles. The van der Waals surface area contributed by atoms with Gasteiger partial charge in [-0.15, -0.1) is 0 Å². The van der Waals surface area contributed by atoms with Crippen molar-refractivity contribution in [2.75, 3.05) is 25.0 Å². The second kappa shape index (κ2) is 6.73. The number of hydrogen-bond acceptors (Lipinski definition) is 3. The molecular formula is C15H17N3O2. The zero-order valence-corrected chi connectivity index (χ0v) is 11.2. The largest absolute Gasteiger partial charge is 0.333 e. The topological polar surface area (TPSA) is 75.4 Å². The molecule has 0 bridgehead atoms. The SMILES string of the molecule is NCC#Cc1ccc(NC(=O)CN2CCCC2=O)cc1. The molecule has 0 aromatic heterocycles. The van der Waals surface area contributed by atoms with Crippen molar-refractivity contribution in [3.63, 3.8) is 0 Å². The van der Waals surface area contributed by atoms with E-state index in [4.69, 9.17) is 5.73 Å². The van der Waals surface area contributed by atoms with Crippen molar-refractivity contribution in [3.05, 3.63) is 29.8 Å². The highest BCUT2D eigenvalue weighted by molar-refractivity contribution is 5.94. The van der Waals surface area contributed by atoms with Crippen LogP contribution in [0.15, 0.2) is 24.3 Å². The van der Waals surface area contributed by atoms with Crippen LogP contribution in [0.3, 0.4) is 0 Å². The molecule has 1 fully saturated rings. The summed E-state index contributed by atoms with van der Waals surface area (Å²) in [7, 11) is 0. The Bertz CT molecular complexity index is 555. The maximum absolute atomic E-state index is 11.8. The second-order valence-corrected chi connectivity index (χ2v) is 4.55. The number of rotatable bonds is 3. The molecule has 1 heterocycles. The quantitative estimate of drug-likeness (QED) is 0.789. The van der Waals surface area contributed by atoms with Crippen molar-refractivity contribution in [2.24, 2.45) is 5.73 Å². The Labute approximate surface area is 118 Å². The number of likely N-dealkylation sites (tertiary alicyclic amines) is 1. The van der Waals surface area contributed by atoms with Crippen LogP contribution in [-0.2, 0) is 9.59 Å². The van der Waals surface area contributed by atoms with Crippen LogP contribution in [0.2, 0.25) is 0 Å². The maximum Gasteiger partial charge on any atom is 0.243 e. The summed E-state index contributed by atoms with van der Waals surface area (Å²) in [6.07, 6.45) is 1.38. The first-order valence-corrected chi connectivity index (χ1v) is 6.55. The van der Waals surface area contributed by atoms with Crippen molar-refractivity contribution < 1.29 is 9.59 Å². The van der Waals surface area contributed by atoms with Gasteiger partial charge in [0.2, 0.25) is 11.8 Å². The summed E-state index contributed by atoms with van der Waals surface area (Å²) < 4.78 is 0. The van der Waals surface area contributed by atoms with Gasteiger partial charge in [-0.3, -0.25) is 9.59 Å². The van der Waals surface area contributed by atoms with Gasteiger partial charge in [0.15, 0.2) is 0 Å². The Morgan fingerprint density at radius 3 is 2.70 bits per heavy atom. The number of benzene rings is 1. The minimum absolute atomic E-state index is 0.0487. The lowest BCUT2D eigenvalue weighted by molar-refractivity contribution is -0.131. The van der Waals surface area contributed by atoms with E-state index in [1.165, 1.54) is 0 Å². The van der Waals surface area contributed by atoms with Crippen LogP contribution in [0.4, 0.5) is 5.69 Å². The van der Waals surface area contributed by atoms with Gasteiger partial charge in [0.1, 0.15) is 0 Å². The van der Waals surface area contributed by atoms with Gasteiger partial charge in [-0.1, -0.05) is 11.8 Å². The molecule has 5 nitrogen and oxygen atoms in total. The molecule has 1 aromatic carbocycles. The number of nitrogens with two attached hydrogens (primary N) is 1. The molecule has 0 saturated carbocycles. The van der Waals surface area contributed by atoms with Crippen molar-refractivity contribution in [1.29, 1.82) is 0 Å². The standard InChI is InChI=1S/C15H17N3O2/c16-9-1-3-12-5-7-13(8-6-12)17-14(19)11-18-10-2-4-15(18)20/h5-8H,2,4,9-11,16H2,(H,17,19). The highest BCUT2D eigenvalue weighted by atomic mass is 16.2. The molecule has 5 heteroatoms. The molecule has 3 N–H and O–H groups in total. The fourth-order valence-corrected chi connectivity index (χ4v) is 2.04. The van der Waals surface area contributed by atoms with E-state index in [1.807, 2.05) is 12.1 Å². The molecule has 1 saturated heterocycles. The third kappa shape index (κ3) is 3.84. The summed E-state index contributed by atoms with van der Waals surface area (Å²) in [5.74, 6) is 5.54. The van der Waals surface area contributed by atoms with E-state index in [0.717, 1.165) is 12.0 Å². The fourth-order valence-electron chi connectivity index (χ4n) is 2.04. The molecular weight excluding hydrogens is 254 g/mol. The van der Waals surface area contributed by atoms with Crippen LogP contribution in [0.25, 0.3) is 0 Å². The van der Waals surface area contributed by atoms with Crippen LogP contribution < -0.4 is 11.1 Å². The van der Waals surface area contributed by atoms with Crippen LogP contribution >= 0.6 is 0 Å².